The Morgan fingerprint density at radius 2 is 1.24 bits per heavy atom. The average molecular weight is 460 g/mol. The first-order valence-corrected chi connectivity index (χ1v) is 9.46. The highest BCUT2D eigenvalue weighted by Gasteiger charge is 2.34. The number of nitrogens with zero attached hydrogens (tertiary/aromatic N) is 3. The molecule has 0 aliphatic rings. The van der Waals surface area contributed by atoms with Gasteiger partial charge in [-0.2, -0.15) is 26.3 Å². The summed E-state index contributed by atoms with van der Waals surface area (Å²) in [5.74, 6) is 0.0793. The molecule has 0 aliphatic carbocycles. The second-order valence-corrected chi connectivity index (χ2v) is 7.11. The summed E-state index contributed by atoms with van der Waals surface area (Å²) >= 11 is 0. The summed E-state index contributed by atoms with van der Waals surface area (Å²) in [5, 5.41) is 0. The summed E-state index contributed by atoms with van der Waals surface area (Å²) in [5.41, 5.74) is 5.33. The van der Waals surface area contributed by atoms with Gasteiger partial charge >= 0.3 is 12.4 Å². The molecule has 0 amide bonds. The van der Waals surface area contributed by atoms with E-state index in [2.05, 4.69) is 15.0 Å². The molecule has 33 heavy (non-hydrogen) atoms. The number of rotatable bonds is 3. The number of alkyl halides is 6. The fraction of sp³-hybridized carbons (Fsp3) is 0.0870. The molecule has 0 fully saturated rings. The maximum absolute atomic E-state index is 13.5. The second kappa shape index (κ2) is 8.19. The summed E-state index contributed by atoms with van der Waals surface area (Å²) < 4.78 is 79.2. The normalized spacial score (nSPS) is 12.1. The Balaban J connectivity index is 1.81. The maximum Gasteiger partial charge on any atom is 0.433 e. The van der Waals surface area contributed by atoms with Gasteiger partial charge in [-0.1, -0.05) is 30.3 Å². The van der Waals surface area contributed by atoms with Gasteiger partial charge in [0.2, 0.25) is 5.95 Å². The molecule has 4 aromatic rings. The Kier molecular flexibility index (Phi) is 5.52. The summed E-state index contributed by atoms with van der Waals surface area (Å²) in [6, 6.07) is 12.7. The van der Waals surface area contributed by atoms with Gasteiger partial charge in [-0.15, -0.1) is 0 Å². The molecule has 2 aromatic carbocycles. The molecule has 168 valence electrons. The van der Waals surface area contributed by atoms with E-state index in [1.807, 2.05) is 0 Å². The van der Waals surface area contributed by atoms with Gasteiger partial charge in [0.25, 0.3) is 0 Å². The molecule has 0 saturated heterocycles. The van der Waals surface area contributed by atoms with Crippen LogP contribution in [0.25, 0.3) is 33.5 Å². The fourth-order valence-corrected chi connectivity index (χ4v) is 3.19. The van der Waals surface area contributed by atoms with Crippen molar-refractivity contribution in [3.63, 3.8) is 0 Å². The standard InChI is InChI=1S/C23H14F6N4/c24-22(25,26)18-6-4-13(5-7-18)16-9-19(33-20(10-16)23(27,28)29)15-3-1-2-14(8-15)17-11-31-21(30)32-12-17/h1-12H,(H2,30,31,32). The molecule has 2 aromatic heterocycles. The predicted octanol–water partition coefficient (Wildman–Crippen LogP) is 6.49. The zero-order valence-electron chi connectivity index (χ0n) is 16.6. The van der Waals surface area contributed by atoms with Gasteiger partial charge in [0.15, 0.2) is 0 Å². The molecular formula is C23H14F6N4. The van der Waals surface area contributed by atoms with Crippen molar-refractivity contribution in [3.05, 3.63) is 84.3 Å². The van der Waals surface area contributed by atoms with Crippen LogP contribution in [-0.2, 0) is 12.4 Å². The number of halogens is 6. The molecule has 0 bridgehead atoms. The third kappa shape index (κ3) is 4.94. The number of nitrogen functional groups attached to an aromatic ring is 1. The third-order valence-corrected chi connectivity index (χ3v) is 4.82. The molecule has 0 saturated carbocycles. The van der Waals surface area contributed by atoms with Crippen LogP contribution in [0.2, 0.25) is 0 Å². The first-order chi connectivity index (χ1) is 15.5. The summed E-state index contributed by atoms with van der Waals surface area (Å²) in [6.45, 7) is 0. The average Bonchev–Trinajstić information content (AvgIpc) is 2.78. The van der Waals surface area contributed by atoms with Gasteiger partial charge in [-0.05, 0) is 47.0 Å². The SMILES string of the molecule is Nc1ncc(-c2cccc(-c3cc(-c4ccc(C(F)(F)F)cc4)cc(C(F)(F)F)n3)c2)cn1. The Morgan fingerprint density at radius 3 is 1.85 bits per heavy atom. The molecule has 4 nitrogen and oxygen atoms in total. The van der Waals surface area contributed by atoms with Crippen LogP contribution >= 0.6 is 0 Å². The number of benzene rings is 2. The number of aromatic nitrogens is 3. The Morgan fingerprint density at radius 1 is 0.606 bits per heavy atom. The molecule has 0 atom stereocenters. The molecule has 0 unspecified atom stereocenters. The van der Waals surface area contributed by atoms with E-state index in [1.54, 1.807) is 24.3 Å². The van der Waals surface area contributed by atoms with Crippen molar-refractivity contribution in [1.82, 2.24) is 15.0 Å². The van der Waals surface area contributed by atoms with Gasteiger partial charge in [-0.3, -0.25) is 0 Å². The van der Waals surface area contributed by atoms with E-state index in [9.17, 15) is 26.3 Å². The lowest BCUT2D eigenvalue weighted by Gasteiger charge is -2.13. The van der Waals surface area contributed by atoms with Gasteiger partial charge in [-0.25, -0.2) is 15.0 Å². The molecule has 0 spiro atoms. The fourth-order valence-electron chi connectivity index (χ4n) is 3.19. The highest BCUT2D eigenvalue weighted by molar-refractivity contribution is 5.75. The number of pyridine rings is 1. The van der Waals surface area contributed by atoms with E-state index >= 15 is 0 Å². The van der Waals surface area contributed by atoms with Crippen LogP contribution in [0.3, 0.4) is 0 Å². The monoisotopic (exact) mass is 460 g/mol. The maximum atomic E-state index is 13.5. The smallest absolute Gasteiger partial charge is 0.368 e. The molecule has 0 aliphatic heterocycles. The quantitative estimate of drug-likeness (QED) is 0.355. The summed E-state index contributed by atoms with van der Waals surface area (Å²) in [6.07, 6.45) is -6.34. The van der Waals surface area contributed by atoms with Crippen molar-refractivity contribution in [2.24, 2.45) is 0 Å². The zero-order valence-corrected chi connectivity index (χ0v) is 16.6. The number of anilines is 1. The minimum atomic E-state index is -4.75. The van der Waals surface area contributed by atoms with Crippen molar-refractivity contribution in [1.29, 1.82) is 0 Å². The Hall–Kier alpha value is -3.95. The van der Waals surface area contributed by atoms with Crippen LogP contribution in [0.1, 0.15) is 11.3 Å². The summed E-state index contributed by atoms with van der Waals surface area (Å²) in [7, 11) is 0. The molecule has 2 N–H and O–H groups in total. The minimum Gasteiger partial charge on any atom is -0.368 e. The molecule has 0 radical (unpaired) electrons. The zero-order chi connectivity index (χ0) is 23.8. The van der Waals surface area contributed by atoms with E-state index in [4.69, 9.17) is 5.73 Å². The molecule has 2 heterocycles. The van der Waals surface area contributed by atoms with Crippen molar-refractivity contribution < 1.29 is 26.3 Å². The Bertz CT molecular complexity index is 1280. The first kappa shape index (κ1) is 22.3. The van der Waals surface area contributed by atoms with Crippen molar-refractivity contribution in [2.45, 2.75) is 12.4 Å². The lowest BCUT2D eigenvalue weighted by atomic mass is 9.99. The topological polar surface area (TPSA) is 64.7 Å². The number of nitrogens with two attached hydrogens (primary N) is 1. The number of hydrogen-bond acceptors (Lipinski definition) is 4. The van der Waals surface area contributed by atoms with Crippen LogP contribution in [-0.4, -0.2) is 15.0 Å². The first-order valence-electron chi connectivity index (χ1n) is 9.46. The van der Waals surface area contributed by atoms with Crippen LogP contribution in [0.5, 0.6) is 0 Å². The van der Waals surface area contributed by atoms with E-state index in [0.717, 1.165) is 30.3 Å². The Labute approximate surface area is 183 Å². The van der Waals surface area contributed by atoms with Crippen molar-refractivity contribution in [3.8, 4) is 33.5 Å². The number of hydrogen-bond donors (Lipinski definition) is 1. The van der Waals surface area contributed by atoms with Crippen LogP contribution in [0.15, 0.2) is 73.1 Å². The van der Waals surface area contributed by atoms with Gasteiger partial charge in [0, 0.05) is 23.5 Å². The highest BCUT2D eigenvalue weighted by Crippen LogP contribution is 2.36. The van der Waals surface area contributed by atoms with E-state index < -0.39 is 23.6 Å². The van der Waals surface area contributed by atoms with Crippen LogP contribution < -0.4 is 5.73 Å². The van der Waals surface area contributed by atoms with Gasteiger partial charge < -0.3 is 5.73 Å². The third-order valence-electron chi connectivity index (χ3n) is 4.82. The molecule has 4 rings (SSSR count). The van der Waals surface area contributed by atoms with E-state index in [-0.39, 0.29) is 22.8 Å². The highest BCUT2D eigenvalue weighted by atomic mass is 19.4. The van der Waals surface area contributed by atoms with Crippen molar-refractivity contribution >= 4 is 5.95 Å². The predicted molar refractivity (Wildman–Crippen MR) is 111 cm³/mol. The molecular weight excluding hydrogens is 446 g/mol. The summed E-state index contributed by atoms with van der Waals surface area (Å²) in [4.78, 5) is 11.6. The lowest BCUT2D eigenvalue weighted by Crippen LogP contribution is -2.09. The van der Waals surface area contributed by atoms with Gasteiger partial charge in [0.1, 0.15) is 5.69 Å². The largest absolute Gasteiger partial charge is 0.433 e. The van der Waals surface area contributed by atoms with Crippen LogP contribution in [0, 0.1) is 0 Å². The lowest BCUT2D eigenvalue weighted by molar-refractivity contribution is -0.141. The van der Waals surface area contributed by atoms with E-state index in [1.165, 1.54) is 18.5 Å². The minimum absolute atomic E-state index is 0.0120. The molecule has 10 heteroatoms. The van der Waals surface area contributed by atoms with E-state index in [0.29, 0.717) is 16.7 Å². The second-order valence-electron chi connectivity index (χ2n) is 7.11. The van der Waals surface area contributed by atoms with Gasteiger partial charge in [0.05, 0.1) is 11.3 Å². The van der Waals surface area contributed by atoms with Crippen molar-refractivity contribution in [2.75, 3.05) is 5.73 Å². The van der Waals surface area contributed by atoms with Crippen LogP contribution in [0.4, 0.5) is 32.3 Å².